The molecule has 1 amide bonds. The average Bonchev–Trinajstić information content (AvgIpc) is 2.82. The van der Waals surface area contributed by atoms with Crippen LogP contribution in [0.2, 0.25) is 0 Å². The minimum Gasteiger partial charge on any atom is -0.493 e. The number of para-hydroxylation sites is 1. The van der Waals surface area contributed by atoms with Gasteiger partial charge in [0.05, 0.1) is 14.2 Å². The van der Waals surface area contributed by atoms with Gasteiger partial charge < -0.3 is 14.4 Å². The molecule has 3 aromatic rings. The summed E-state index contributed by atoms with van der Waals surface area (Å²) in [7, 11) is 3.21. The molecule has 1 aliphatic heterocycles. The summed E-state index contributed by atoms with van der Waals surface area (Å²) in [6.07, 6.45) is 4.29. The van der Waals surface area contributed by atoms with Crippen LogP contribution in [0.1, 0.15) is 43.9 Å². The van der Waals surface area contributed by atoms with E-state index in [-0.39, 0.29) is 16.9 Å². The Morgan fingerprint density at radius 2 is 1.55 bits per heavy atom. The summed E-state index contributed by atoms with van der Waals surface area (Å²) in [6.45, 7) is 6.57. The smallest absolute Gasteiger partial charge is 0.251 e. The first-order valence-electron chi connectivity index (χ1n) is 11.2. The van der Waals surface area contributed by atoms with Gasteiger partial charge in [-0.3, -0.25) is 4.79 Å². The predicted octanol–water partition coefficient (Wildman–Crippen LogP) is 6.24. The molecular formula is C29H31NO3. The number of amides is 1. The van der Waals surface area contributed by atoms with E-state index in [9.17, 15) is 4.79 Å². The number of hydrogen-bond donors (Lipinski definition) is 0. The first kappa shape index (κ1) is 22.7. The Morgan fingerprint density at radius 3 is 2.24 bits per heavy atom. The molecule has 4 rings (SSSR count). The summed E-state index contributed by atoms with van der Waals surface area (Å²) in [6, 6.07) is 24.5. The molecule has 0 fully saturated rings. The van der Waals surface area contributed by atoms with Crippen molar-refractivity contribution in [3.05, 3.63) is 95.6 Å². The molecule has 0 unspecified atom stereocenters. The lowest BCUT2D eigenvalue weighted by atomic mass is 9.65. The number of fused-ring (bicyclic) bond motifs is 1. The van der Waals surface area contributed by atoms with Crippen molar-refractivity contribution in [2.45, 2.75) is 38.1 Å². The molecule has 3 aromatic carbocycles. The number of rotatable bonds is 5. The fourth-order valence-corrected chi connectivity index (χ4v) is 5.18. The van der Waals surface area contributed by atoms with Crippen LogP contribution >= 0.6 is 0 Å². The molecule has 0 aromatic heterocycles. The first-order chi connectivity index (χ1) is 15.8. The van der Waals surface area contributed by atoms with Gasteiger partial charge in [0, 0.05) is 22.7 Å². The van der Waals surface area contributed by atoms with Crippen molar-refractivity contribution >= 4 is 17.7 Å². The molecule has 4 nitrogen and oxygen atoms in total. The first-order valence-corrected chi connectivity index (χ1v) is 11.2. The maximum Gasteiger partial charge on any atom is 0.251 e. The van der Waals surface area contributed by atoms with Crippen LogP contribution in [-0.4, -0.2) is 25.7 Å². The van der Waals surface area contributed by atoms with E-state index in [1.165, 1.54) is 11.1 Å². The minimum atomic E-state index is -0.377. The van der Waals surface area contributed by atoms with E-state index in [4.69, 9.17) is 9.47 Å². The SMILES string of the molecule is COc1ccc(/C=C/C(=O)N2c3ccccc3[C@@](C)(c3ccccc3)CC2(C)C)cc1OC. The molecule has 1 heterocycles. The van der Waals surface area contributed by atoms with Crippen LogP contribution in [0.4, 0.5) is 5.69 Å². The van der Waals surface area contributed by atoms with Crippen LogP contribution in [0.15, 0.2) is 78.9 Å². The zero-order valence-electron chi connectivity index (χ0n) is 20.0. The van der Waals surface area contributed by atoms with Crippen molar-refractivity contribution in [1.29, 1.82) is 0 Å². The second-order valence-corrected chi connectivity index (χ2v) is 9.33. The monoisotopic (exact) mass is 441 g/mol. The van der Waals surface area contributed by atoms with Crippen LogP contribution in [0.5, 0.6) is 11.5 Å². The Morgan fingerprint density at radius 1 is 0.879 bits per heavy atom. The molecule has 170 valence electrons. The number of ether oxygens (including phenoxy) is 2. The maximum atomic E-state index is 13.6. The molecule has 1 atom stereocenters. The summed E-state index contributed by atoms with van der Waals surface area (Å²) in [5.74, 6) is 1.25. The summed E-state index contributed by atoms with van der Waals surface area (Å²) in [4.78, 5) is 15.5. The fraction of sp³-hybridized carbons (Fsp3) is 0.276. The lowest BCUT2D eigenvalue weighted by molar-refractivity contribution is -0.115. The molecule has 4 heteroatoms. The van der Waals surface area contributed by atoms with Gasteiger partial charge in [0.25, 0.3) is 5.91 Å². The lowest BCUT2D eigenvalue weighted by Gasteiger charge is -2.51. The number of benzene rings is 3. The van der Waals surface area contributed by atoms with Gasteiger partial charge in [-0.05, 0) is 61.2 Å². The molecular weight excluding hydrogens is 410 g/mol. The van der Waals surface area contributed by atoms with Gasteiger partial charge in [0.1, 0.15) is 0 Å². The van der Waals surface area contributed by atoms with Crippen molar-refractivity contribution < 1.29 is 14.3 Å². The number of hydrogen-bond acceptors (Lipinski definition) is 3. The predicted molar refractivity (Wildman–Crippen MR) is 134 cm³/mol. The molecule has 0 saturated heterocycles. The number of methoxy groups -OCH3 is 2. The summed E-state index contributed by atoms with van der Waals surface area (Å²) in [5.41, 5.74) is 3.70. The van der Waals surface area contributed by atoms with Crippen molar-refractivity contribution in [1.82, 2.24) is 0 Å². The third-order valence-corrected chi connectivity index (χ3v) is 6.59. The zero-order chi connectivity index (χ0) is 23.6. The third-order valence-electron chi connectivity index (χ3n) is 6.59. The van der Waals surface area contributed by atoms with Gasteiger partial charge in [0.2, 0.25) is 0 Å². The van der Waals surface area contributed by atoms with E-state index in [0.29, 0.717) is 11.5 Å². The molecule has 0 bridgehead atoms. The fourth-order valence-electron chi connectivity index (χ4n) is 5.18. The molecule has 0 N–H and O–H groups in total. The average molecular weight is 442 g/mol. The van der Waals surface area contributed by atoms with Gasteiger partial charge in [0.15, 0.2) is 11.5 Å². The Kier molecular flexibility index (Phi) is 6.03. The molecule has 33 heavy (non-hydrogen) atoms. The second kappa shape index (κ2) is 8.78. The standard InChI is InChI=1S/C29H31NO3/c1-28(2)20-29(3,22-11-7-6-8-12-22)23-13-9-10-14-24(23)30(28)27(31)18-16-21-15-17-25(32-4)26(19-21)33-5/h6-19H,20H2,1-5H3/b18-16+/t29-/m1/s1. The highest BCUT2D eigenvalue weighted by atomic mass is 16.5. The summed E-state index contributed by atoms with van der Waals surface area (Å²) >= 11 is 0. The summed E-state index contributed by atoms with van der Waals surface area (Å²) in [5, 5.41) is 0. The van der Waals surface area contributed by atoms with E-state index < -0.39 is 0 Å². The van der Waals surface area contributed by atoms with Gasteiger partial charge in [-0.1, -0.05) is 61.5 Å². The van der Waals surface area contributed by atoms with E-state index >= 15 is 0 Å². The van der Waals surface area contributed by atoms with Crippen molar-refractivity contribution in [3.63, 3.8) is 0 Å². The Hall–Kier alpha value is -3.53. The highest BCUT2D eigenvalue weighted by Crippen LogP contribution is 2.50. The van der Waals surface area contributed by atoms with Crippen LogP contribution < -0.4 is 14.4 Å². The van der Waals surface area contributed by atoms with E-state index in [1.54, 1.807) is 20.3 Å². The minimum absolute atomic E-state index is 0.0441. The van der Waals surface area contributed by atoms with Gasteiger partial charge in [-0.15, -0.1) is 0 Å². The Balaban J connectivity index is 1.72. The highest BCUT2D eigenvalue weighted by molar-refractivity contribution is 6.06. The molecule has 0 aliphatic carbocycles. The second-order valence-electron chi connectivity index (χ2n) is 9.33. The van der Waals surface area contributed by atoms with Crippen LogP contribution in [-0.2, 0) is 10.2 Å². The number of anilines is 1. The number of carbonyl (C=O) groups excluding carboxylic acids is 1. The van der Waals surface area contributed by atoms with E-state index in [0.717, 1.165) is 17.7 Å². The van der Waals surface area contributed by atoms with E-state index in [2.05, 4.69) is 63.2 Å². The maximum absolute atomic E-state index is 13.6. The quantitative estimate of drug-likeness (QED) is 0.440. The number of carbonyl (C=O) groups is 1. The van der Waals surface area contributed by atoms with Crippen molar-refractivity contribution in [2.75, 3.05) is 19.1 Å². The third kappa shape index (κ3) is 4.13. The zero-order valence-corrected chi connectivity index (χ0v) is 20.0. The van der Waals surface area contributed by atoms with Gasteiger partial charge in [-0.2, -0.15) is 0 Å². The molecule has 0 saturated carbocycles. The number of nitrogens with zero attached hydrogens (tertiary/aromatic N) is 1. The van der Waals surface area contributed by atoms with Crippen LogP contribution in [0.3, 0.4) is 0 Å². The molecule has 0 radical (unpaired) electrons. The molecule has 1 aliphatic rings. The topological polar surface area (TPSA) is 38.8 Å². The van der Waals surface area contributed by atoms with Gasteiger partial charge >= 0.3 is 0 Å². The molecule has 0 spiro atoms. The summed E-state index contributed by atoms with van der Waals surface area (Å²) < 4.78 is 10.7. The van der Waals surface area contributed by atoms with Crippen molar-refractivity contribution in [2.24, 2.45) is 0 Å². The van der Waals surface area contributed by atoms with E-state index in [1.807, 2.05) is 41.3 Å². The largest absolute Gasteiger partial charge is 0.493 e. The normalized spacial score (nSPS) is 19.2. The van der Waals surface area contributed by atoms with Gasteiger partial charge in [-0.25, -0.2) is 0 Å². The highest BCUT2D eigenvalue weighted by Gasteiger charge is 2.47. The van der Waals surface area contributed by atoms with Crippen LogP contribution in [0.25, 0.3) is 6.08 Å². The van der Waals surface area contributed by atoms with Crippen molar-refractivity contribution in [3.8, 4) is 11.5 Å². The Labute approximate surface area is 196 Å². The Bertz CT molecular complexity index is 1180. The van der Waals surface area contributed by atoms with Crippen LogP contribution in [0, 0.1) is 0 Å². The lowest BCUT2D eigenvalue weighted by Crippen LogP contribution is -2.55.